The number of hydrogen-bond acceptors (Lipinski definition) is 3. The van der Waals surface area contributed by atoms with E-state index in [1.807, 2.05) is 12.1 Å². The van der Waals surface area contributed by atoms with Crippen molar-refractivity contribution in [2.45, 2.75) is 18.5 Å². The Morgan fingerprint density at radius 1 is 1.32 bits per heavy atom. The zero-order chi connectivity index (χ0) is 14.0. The van der Waals surface area contributed by atoms with Crippen molar-refractivity contribution in [1.82, 2.24) is 9.80 Å². The van der Waals surface area contributed by atoms with Gasteiger partial charge in [-0.1, -0.05) is 23.2 Å². The van der Waals surface area contributed by atoms with Crippen molar-refractivity contribution in [3.8, 4) is 0 Å². The van der Waals surface area contributed by atoms with Gasteiger partial charge >= 0.3 is 0 Å². The fraction of sp³-hybridized carbons (Fsp3) is 0.571. The number of likely N-dealkylation sites (N-methyl/N-ethyl adjacent to an activating group) is 2. The summed E-state index contributed by atoms with van der Waals surface area (Å²) in [6.45, 7) is 3.24. The zero-order valence-corrected chi connectivity index (χ0v) is 13.0. The lowest BCUT2D eigenvalue weighted by molar-refractivity contribution is 0.104. The van der Waals surface area contributed by atoms with Gasteiger partial charge in [-0.05, 0) is 44.3 Å². The van der Waals surface area contributed by atoms with Gasteiger partial charge in [-0.2, -0.15) is 0 Å². The second-order valence-electron chi connectivity index (χ2n) is 5.40. The van der Waals surface area contributed by atoms with Crippen molar-refractivity contribution in [3.05, 3.63) is 33.8 Å². The molecule has 1 aliphatic rings. The maximum absolute atomic E-state index is 6.31. The van der Waals surface area contributed by atoms with Crippen LogP contribution < -0.4 is 5.73 Å². The minimum absolute atomic E-state index is 0.0786. The molecule has 0 saturated carbocycles. The van der Waals surface area contributed by atoms with Gasteiger partial charge in [-0.15, -0.1) is 0 Å². The number of nitrogens with zero attached hydrogens (tertiary/aromatic N) is 2. The van der Waals surface area contributed by atoms with Crippen molar-refractivity contribution in [1.29, 1.82) is 0 Å². The van der Waals surface area contributed by atoms with Crippen LogP contribution in [0, 0.1) is 0 Å². The predicted molar refractivity (Wildman–Crippen MR) is 81.9 cm³/mol. The van der Waals surface area contributed by atoms with Gasteiger partial charge in [0, 0.05) is 41.8 Å². The van der Waals surface area contributed by atoms with E-state index in [0.717, 1.165) is 31.6 Å². The van der Waals surface area contributed by atoms with Crippen molar-refractivity contribution >= 4 is 23.2 Å². The summed E-state index contributed by atoms with van der Waals surface area (Å²) in [4.78, 5) is 4.72. The standard InChI is InChI=1S/C14H21Cl2N3/c1-18-5-6-19(2)11(9-18)8-14(17)12-7-10(15)3-4-13(12)16/h3-4,7,11,14H,5-6,8-9,17H2,1-2H3. The van der Waals surface area contributed by atoms with E-state index in [0.29, 0.717) is 16.1 Å². The highest BCUT2D eigenvalue weighted by Crippen LogP contribution is 2.28. The molecule has 2 atom stereocenters. The summed E-state index contributed by atoms with van der Waals surface area (Å²) in [7, 11) is 4.31. The summed E-state index contributed by atoms with van der Waals surface area (Å²) in [5.74, 6) is 0. The molecule has 19 heavy (non-hydrogen) atoms. The number of hydrogen-bond donors (Lipinski definition) is 1. The van der Waals surface area contributed by atoms with Crippen LogP contribution in [0.3, 0.4) is 0 Å². The minimum atomic E-state index is -0.0786. The van der Waals surface area contributed by atoms with Gasteiger partial charge in [0.15, 0.2) is 0 Å². The molecule has 0 amide bonds. The molecule has 106 valence electrons. The Morgan fingerprint density at radius 3 is 2.79 bits per heavy atom. The third-order valence-corrected chi connectivity index (χ3v) is 4.44. The molecule has 0 bridgehead atoms. The lowest BCUT2D eigenvalue weighted by Crippen LogP contribution is -2.50. The van der Waals surface area contributed by atoms with E-state index in [1.54, 1.807) is 6.07 Å². The largest absolute Gasteiger partial charge is 0.324 e. The Bertz CT molecular complexity index is 439. The number of nitrogens with two attached hydrogens (primary N) is 1. The van der Waals surface area contributed by atoms with Crippen molar-refractivity contribution < 1.29 is 0 Å². The molecule has 1 aromatic rings. The van der Waals surface area contributed by atoms with Gasteiger partial charge in [-0.3, -0.25) is 0 Å². The number of piperazine rings is 1. The molecule has 2 unspecified atom stereocenters. The second kappa shape index (κ2) is 6.42. The van der Waals surface area contributed by atoms with Crippen LogP contribution in [0.5, 0.6) is 0 Å². The van der Waals surface area contributed by atoms with Crippen molar-refractivity contribution in [2.75, 3.05) is 33.7 Å². The van der Waals surface area contributed by atoms with Gasteiger partial charge in [-0.25, -0.2) is 0 Å². The highest BCUT2D eigenvalue weighted by Gasteiger charge is 2.25. The van der Waals surface area contributed by atoms with Crippen LogP contribution in [0.15, 0.2) is 18.2 Å². The highest BCUT2D eigenvalue weighted by atomic mass is 35.5. The molecule has 0 spiro atoms. The molecule has 0 aromatic heterocycles. The molecule has 3 nitrogen and oxygen atoms in total. The SMILES string of the molecule is CN1CCN(C)C(CC(N)c2cc(Cl)ccc2Cl)C1. The molecule has 1 heterocycles. The smallest absolute Gasteiger partial charge is 0.0454 e. The lowest BCUT2D eigenvalue weighted by atomic mass is 9.98. The Kier molecular flexibility index (Phi) is 5.09. The Balaban J connectivity index is 2.07. The van der Waals surface area contributed by atoms with E-state index in [1.165, 1.54) is 0 Å². The van der Waals surface area contributed by atoms with Crippen LogP contribution >= 0.6 is 23.2 Å². The third-order valence-electron chi connectivity index (χ3n) is 3.86. The van der Waals surface area contributed by atoms with Gasteiger partial charge in [0.2, 0.25) is 0 Å². The highest BCUT2D eigenvalue weighted by molar-refractivity contribution is 6.33. The molecular formula is C14H21Cl2N3. The Hall–Kier alpha value is -0.320. The Morgan fingerprint density at radius 2 is 2.05 bits per heavy atom. The van der Waals surface area contributed by atoms with Crippen LogP contribution in [-0.2, 0) is 0 Å². The molecule has 5 heteroatoms. The summed E-state index contributed by atoms with van der Waals surface area (Å²) < 4.78 is 0. The van der Waals surface area contributed by atoms with Gasteiger partial charge in [0.25, 0.3) is 0 Å². The first-order valence-electron chi connectivity index (χ1n) is 6.56. The van der Waals surface area contributed by atoms with Gasteiger partial charge in [0.05, 0.1) is 0 Å². The fourth-order valence-electron chi connectivity index (χ4n) is 2.57. The average Bonchev–Trinajstić information content (AvgIpc) is 2.36. The maximum Gasteiger partial charge on any atom is 0.0454 e. The van der Waals surface area contributed by atoms with Crippen molar-refractivity contribution in [3.63, 3.8) is 0 Å². The van der Waals surface area contributed by atoms with Crippen LogP contribution in [0.4, 0.5) is 0 Å². The molecular weight excluding hydrogens is 281 g/mol. The maximum atomic E-state index is 6.31. The first kappa shape index (κ1) is 15.1. The molecule has 1 aliphatic heterocycles. The summed E-state index contributed by atoms with van der Waals surface area (Å²) in [6, 6.07) is 5.87. The molecule has 2 rings (SSSR count). The quantitative estimate of drug-likeness (QED) is 0.931. The van der Waals surface area contributed by atoms with E-state index < -0.39 is 0 Å². The van der Waals surface area contributed by atoms with E-state index in [-0.39, 0.29) is 6.04 Å². The number of benzene rings is 1. The van der Waals surface area contributed by atoms with Crippen LogP contribution in [0.1, 0.15) is 18.0 Å². The fourth-order valence-corrected chi connectivity index (χ4v) is 3.01. The summed E-state index contributed by atoms with van der Waals surface area (Å²) in [5, 5.41) is 1.38. The van der Waals surface area contributed by atoms with Crippen molar-refractivity contribution in [2.24, 2.45) is 5.73 Å². The first-order chi connectivity index (χ1) is 8.97. The van der Waals surface area contributed by atoms with E-state index in [2.05, 4.69) is 23.9 Å². The summed E-state index contributed by atoms with van der Waals surface area (Å²) in [5.41, 5.74) is 7.26. The van der Waals surface area contributed by atoms with Gasteiger partial charge < -0.3 is 15.5 Å². The third kappa shape index (κ3) is 3.83. The topological polar surface area (TPSA) is 32.5 Å². The second-order valence-corrected chi connectivity index (χ2v) is 6.25. The molecule has 2 N–H and O–H groups in total. The number of halogens is 2. The van der Waals surface area contributed by atoms with E-state index >= 15 is 0 Å². The molecule has 1 fully saturated rings. The summed E-state index contributed by atoms with van der Waals surface area (Å²) in [6.07, 6.45) is 0.890. The molecule has 0 aliphatic carbocycles. The Labute approximate surface area is 125 Å². The lowest BCUT2D eigenvalue weighted by Gasteiger charge is -2.39. The normalized spacial score (nSPS) is 23.5. The van der Waals surface area contributed by atoms with Gasteiger partial charge in [0.1, 0.15) is 0 Å². The minimum Gasteiger partial charge on any atom is -0.324 e. The van der Waals surface area contributed by atoms with Crippen LogP contribution in [0.25, 0.3) is 0 Å². The summed E-state index contributed by atoms with van der Waals surface area (Å²) >= 11 is 12.2. The van der Waals surface area contributed by atoms with E-state index in [4.69, 9.17) is 28.9 Å². The van der Waals surface area contributed by atoms with Crippen LogP contribution in [-0.4, -0.2) is 49.6 Å². The molecule has 1 saturated heterocycles. The molecule has 0 radical (unpaired) electrons. The molecule has 1 aromatic carbocycles. The van der Waals surface area contributed by atoms with Crippen LogP contribution in [0.2, 0.25) is 10.0 Å². The van der Waals surface area contributed by atoms with E-state index in [9.17, 15) is 0 Å². The monoisotopic (exact) mass is 301 g/mol. The first-order valence-corrected chi connectivity index (χ1v) is 7.32. The zero-order valence-electron chi connectivity index (χ0n) is 11.4. The average molecular weight is 302 g/mol. The predicted octanol–water partition coefficient (Wildman–Crippen LogP) is 2.63. The number of rotatable bonds is 3.